The molecule has 0 spiro atoms. The summed E-state index contributed by atoms with van der Waals surface area (Å²) < 4.78 is 31.5. The van der Waals surface area contributed by atoms with E-state index in [1.165, 1.54) is 8.87 Å². The first-order chi connectivity index (χ1) is 16.1. The highest BCUT2D eigenvalue weighted by molar-refractivity contribution is 7.96. The van der Waals surface area contributed by atoms with Crippen LogP contribution in [-0.4, -0.2) is 64.0 Å². The van der Waals surface area contributed by atoms with Crippen molar-refractivity contribution in [2.24, 2.45) is 0 Å². The summed E-state index contributed by atoms with van der Waals surface area (Å²) in [5, 5.41) is 3.92. The van der Waals surface area contributed by atoms with Crippen molar-refractivity contribution in [3.8, 4) is 0 Å². The molecular formula is C22H27ClN6O3S2. The van der Waals surface area contributed by atoms with Gasteiger partial charge in [-0.2, -0.15) is 9.29 Å². The number of nitrogens with one attached hydrogen (secondary N) is 1. The standard InChI is InChI=1S/C22H27ClN6O3S2/c1-14(2)29-20-16(12-18(23)21(29)30)13-24-22(26-20)25-19-6-5-17(11-15(19)3)34(31,32)28-9-7-27(33-4)8-10-28/h5-6,11-14H,7-10H2,1-4H3,(H,24,25,26). The van der Waals surface area contributed by atoms with Crippen LogP contribution in [0.15, 0.2) is 40.2 Å². The van der Waals surface area contributed by atoms with Gasteiger partial charge in [-0.15, -0.1) is 0 Å². The number of benzene rings is 1. The Morgan fingerprint density at radius 3 is 2.47 bits per heavy atom. The SMILES string of the molecule is CSN1CCN(S(=O)(=O)c2ccc(Nc3ncc4cc(Cl)c(=O)n(C(C)C)c4n3)c(C)c2)CC1. The van der Waals surface area contributed by atoms with Gasteiger partial charge in [0.25, 0.3) is 5.56 Å². The summed E-state index contributed by atoms with van der Waals surface area (Å²) in [6, 6.07) is 6.39. The Bertz CT molecular complexity index is 1390. The third kappa shape index (κ3) is 4.80. The van der Waals surface area contributed by atoms with E-state index in [1.807, 2.05) is 27.0 Å². The zero-order chi connectivity index (χ0) is 24.6. The Kier molecular flexibility index (Phi) is 7.20. The topological polar surface area (TPSA) is 100 Å². The summed E-state index contributed by atoms with van der Waals surface area (Å²) >= 11 is 7.72. The van der Waals surface area contributed by atoms with Gasteiger partial charge >= 0.3 is 0 Å². The smallest absolute Gasteiger partial charge is 0.271 e. The van der Waals surface area contributed by atoms with Gasteiger partial charge in [0.05, 0.1) is 4.90 Å². The number of sulfonamides is 1. The van der Waals surface area contributed by atoms with Gasteiger partial charge in [0.2, 0.25) is 16.0 Å². The summed E-state index contributed by atoms with van der Waals surface area (Å²) in [6.07, 6.45) is 3.60. The highest BCUT2D eigenvalue weighted by Crippen LogP contribution is 2.26. The number of hydrogen-bond donors (Lipinski definition) is 1. The molecule has 0 atom stereocenters. The molecule has 3 aromatic rings. The maximum atomic E-state index is 13.1. The van der Waals surface area contributed by atoms with Gasteiger partial charge in [0.1, 0.15) is 10.7 Å². The molecule has 1 fully saturated rings. The lowest BCUT2D eigenvalue weighted by Gasteiger charge is -2.32. The molecule has 12 heteroatoms. The molecule has 1 aliphatic rings. The number of halogens is 1. The number of rotatable bonds is 6. The van der Waals surface area contributed by atoms with Gasteiger partial charge in [-0.05, 0) is 56.9 Å². The van der Waals surface area contributed by atoms with Crippen LogP contribution in [-0.2, 0) is 10.0 Å². The van der Waals surface area contributed by atoms with Crippen LogP contribution in [0.4, 0.5) is 11.6 Å². The van der Waals surface area contributed by atoms with E-state index >= 15 is 0 Å². The molecule has 0 saturated carbocycles. The summed E-state index contributed by atoms with van der Waals surface area (Å²) in [4.78, 5) is 21.7. The molecule has 1 aliphatic heterocycles. The molecule has 1 N–H and O–H groups in total. The Labute approximate surface area is 208 Å². The predicted octanol–water partition coefficient (Wildman–Crippen LogP) is 3.66. The van der Waals surface area contributed by atoms with Crippen LogP contribution in [0.5, 0.6) is 0 Å². The predicted molar refractivity (Wildman–Crippen MR) is 138 cm³/mol. The molecule has 182 valence electrons. The quantitative estimate of drug-likeness (QED) is 0.489. The van der Waals surface area contributed by atoms with Gasteiger partial charge in [-0.3, -0.25) is 9.36 Å². The monoisotopic (exact) mass is 522 g/mol. The molecule has 9 nitrogen and oxygen atoms in total. The largest absolute Gasteiger partial charge is 0.324 e. The second kappa shape index (κ2) is 9.82. The van der Waals surface area contributed by atoms with Crippen molar-refractivity contribution >= 4 is 56.2 Å². The summed E-state index contributed by atoms with van der Waals surface area (Å²) in [5.41, 5.74) is 1.59. The fourth-order valence-corrected chi connectivity index (χ4v) is 6.17. The van der Waals surface area contributed by atoms with E-state index in [9.17, 15) is 13.2 Å². The number of piperazine rings is 1. The second-order valence-electron chi connectivity index (χ2n) is 8.35. The van der Waals surface area contributed by atoms with Crippen molar-refractivity contribution in [1.29, 1.82) is 0 Å². The van der Waals surface area contributed by atoms with E-state index in [0.29, 0.717) is 48.8 Å². The molecule has 0 amide bonds. The first-order valence-corrected chi connectivity index (χ1v) is 13.9. The zero-order valence-electron chi connectivity index (χ0n) is 19.4. The average molecular weight is 523 g/mol. The van der Waals surface area contributed by atoms with E-state index in [1.54, 1.807) is 42.4 Å². The van der Waals surface area contributed by atoms with Gasteiger partial charge in [0.15, 0.2) is 0 Å². The number of nitrogens with zero attached hydrogens (tertiary/aromatic N) is 5. The number of pyridine rings is 1. The number of anilines is 2. The second-order valence-corrected chi connectivity index (χ2v) is 11.6. The average Bonchev–Trinajstić information content (AvgIpc) is 2.81. The molecule has 0 bridgehead atoms. The van der Waals surface area contributed by atoms with E-state index < -0.39 is 10.0 Å². The fourth-order valence-electron chi connectivity index (χ4n) is 3.92. The maximum Gasteiger partial charge on any atom is 0.271 e. The summed E-state index contributed by atoms with van der Waals surface area (Å²) in [7, 11) is -3.57. The maximum absolute atomic E-state index is 13.1. The van der Waals surface area contributed by atoms with Crippen molar-refractivity contribution in [1.82, 2.24) is 23.1 Å². The Morgan fingerprint density at radius 1 is 1.15 bits per heavy atom. The van der Waals surface area contributed by atoms with E-state index in [2.05, 4.69) is 19.6 Å². The van der Waals surface area contributed by atoms with Crippen molar-refractivity contribution in [2.45, 2.75) is 31.7 Å². The van der Waals surface area contributed by atoms with Crippen molar-refractivity contribution in [3.63, 3.8) is 0 Å². The molecule has 1 aromatic carbocycles. The molecule has 0 unspecified atom stereocenters. The molecule has 4 rings (SSSR count). The van der Waals surface area contributed by atoms with E-state index in [0.717, 1.165) is 5.56 Å². The van der Waals surface area contributed by atoms with Crippen LogP contribution in [0.3, 0.4) is 0 Å². The van der Waals surface area contributed by atoms with Crippen molar-refractivity contribution < 1.29 is 8.42 Å². The third-order valence-electron chi connectivity index (χ3n) is 5.78. The fraction of sp³-hybridized carbons (Fsp3) is 0.409. The lowest BCUT2D eigenvalue weighted by molar-refractivity contribution is 0.289. The molecule has 3 heterocycles. The minimum Gasteiger partial charge on any atom is -0.324 e. The molecule has 1 saturated heterocycles. The Morgan fingerprint density at radius 2 is 1.85 bits per heavy atom. The van der Waals surface area contributed by atoms with Crippen LogP contribution >= 0.6 is 23.5 Å². The molecule has 2 aromatic heterocycles. The van der Waals surface area contributed by atoms with Crippen molar-refractivity contribution in [3.05, 3.63) is 51.4 Å². The van der Waals surface area contributed by atoms with Gasteiger partial charge < -0.3 is 5.32 Å². The van der Waals surface area contributed by atoms with E-state index in [-0.39, 0.29) is 21.5 Å². The number of hydrogen-bond acceptors (Lipinski definition) is 8. The highest BCUT2D eigenvalue weighted by atomic mass is 35.5. The van der Waals surface area contributed by atoms with Crippen LogP contribution in [0.1, 0.15) is 25.5 Å². The Hall–Kier alpha value is -2.18. The number of fused-ring (bicyclic) bond motifs is 1. The first-order valence-electron chi connectivity index (χ1n) is 10.9. The third-order valence-corrected chi connectivity index (χ3v) is 8.83. The molecule has 0 radical (unpaired) electrons. The molecular weight excluding hydrogens is 496 g/mol. The van der Waals surface area contributed by atoms with Crippen LogP contribution in [0.2, 0.25) is 5.02 Å². The summed E-state index contributed by atoms with van der Waals surface area (Å²) in [6.45, 7) is 7.94. The van der Waals surface area contributed by atoms with Gasteiger partial charge in [-0.25, -0.2) is 17.7 Å². The van der Waals surface area contributed by atoms with E-state index in [4.69, 9.17) is 11.6 Å². The van der Waals surface area contributed by atoms with Crippen LogP contribution < -0.4 is 10.9 Å². The number of aryl methyl sites for hydroxylation is 1. The Balaban J connectivity index is 1.61. The first kappa shape index (κ1) is 24.9. The van der Waals surface area contributed by atoms with Gasteiger partial charge in [-0.1, -0.05) is 23.5 Å². The molecule has 0 aliphatic carbocycles. The number of aromatic nitrogens is 3. The molecule has 34 heavy (non-hydrogen) atoms. The highest BCUT2D eigenvalue weighted by Gasteiger charge is 2.28. The lowest BCUT2D eigenvalue weighted by atomic mass is 10.2. The lowest BCUT2D eigenvalue weighted by Crippen LogP contribution is -2.46. The zero-order valence-corrected chi connectivity index (χ0v) is 21.8. The minimum absolute atomic E-state index is 0.119. The van der Waals surface area contributed by atoms with Crippen molar-refractivity contribution in [2.75, 3.05) is 37.8 Å². The minimum atomic E-state index is -3.57. The van der Waals surface area contributed by atoms with Gasteiger partial charge in [0, 0.05) is 49.5 Å². The summed E-state index contributed by atoms with van der Waals surface area (Å²) in [5.74, 6) is 0.301. The normalized spacial score (nSPS) is 15.8. The van der Waals surface area contributed by atoms with Crippen LogP contribution in [0.25, 0.3) is 11.0 Å². The van der Waals surface area contributed by atoms with Crippen LogP contribution in [0, 0.1) is 6.92 Å².